The van der Waals surface area contributed by atoms with Crippen molar-refractivity contribution in [3.8, 4) is 16.9 Å². The number of aromatic amines is 1. The van der Waals surface area contributed by atoms with Crippen molar-refractivity contribution in [1.29, 1.82) is 0 Å². The van der Waals surface area contributed by atoms with Gasteiger partial charge in [0.15, 0.2) is 0 Å². The first-order valence-electron chi connectivity index (χ1n) is 12.3. The van der Waals surface area contributed by atoms with Crippen LogP contribution in [-0.2, 0) is 10.0 Å². The van der Waals surface area contributed by atoms with E-state index < -0.39 is 10.0 Å². The van der Waals surface area contributed by atoms with Crippen molar-refractivity contribution in [1.82, 2.24) is 9.29 Å². The molecule has 3 aromatic carbocycles. The first kappa shape index (κ1) is 23.6. The molecular formula is C29H32N2O3S. The van der Waals surface area contributed by atoms with Crippen molar-refractivity contribution in [3.63, 3.8) is 0 Å². The Labute approximate surface area is 207 Å². The van der Waals surface area contributed by atoms with E-state index in [4.69, 9.17) is 4.74 Å². The number of benzene rings is 3. The lowest BCUT2D eigenvalue weighted by Gasteiger charge is -2.31. The van der Waals surface area contributed by atoms with E-state index in [0.29, 0.717) is 32.0 Å². The summed E-state index contributed by atoms with van der Waals surface area (Å²) in [5.41, 5.74) is 5.95. The molecule has 1 fully saturated rings. The van der Waals surface area contributed by atoms with Crippen molar-refractivity contribution in [2.24, 2.45) is 0 Å². The van der Waals surface area contributed by atoms with Crippen LogP contribution in [0.3, 0.4) is 0 Å². The van der Waals surface area contributed by atoms with E-state index in [2.05, 4.69) is 53.6 Å². The fourth-order valence-corrected chi connectivity index (χ4v) is 6.51. The van der Waals surface area contributed by atoms with Crippen LogP contribution >= 0.6 is 0 Å². The zero-order chi connectivity index (χ0) is 24.3. The van der Waals surface area contributed by atoms with Crippen molar-refractivity contribution < 1.29 is 13.2 Å². The Bertz CT molecular complexity index is 1390. The number of nitrogens with zero attached hydrogens (tertiary/aromatic N) is 1. The van der Waals surface area contributed by atoms with Crippen molar-refractivity contribution in [3.05, 3.63) is 90.1 Å². The normalized spacial score (nSPS) is 15.5. The summed E-state index contributed by atoms with van der Waals surface area (Å²) in [4.78, 5) is 3.41. The van der Waals surface area contributed by atoms with E-state index in [1.807, 2.05) is 37.3 Å². The topological polar surface area (TPSA) is 62.4 Å². The summed E-state index contributed by atoms with van der Waals surface area (Å²) < 4.78 is 33.2. The summed E-state index contributed by atoms with van der Waals surface area (Å²) in [6.45, 7) is 3.55. The Hall–Kier alpha value is -3.09. The van der Waals surface area contributed by atoms with Gasteiger partial charge in [-0.1, -0.05) is 48.5 Å². The molecule has 2 heterocycles. The van der Waals surface area contributed by atoms with E-state index in [0.717, 1.165) is 29.7 Å². The van der Waals surface area contributed by atoms with E-state index >= 15 is 0 Å². The van der Waals surface area contributed by atoms with Gasteiger partial charge in [0.05, 0.1) is 12.4 Å². The van der Waals surface area contributed by atoms with Gasteiger partial charge in [0.2, 0.25) is 10.0 Å². The predicted molar refractivity (Wildman–Crippen MR) is 142 cm³/mol. The highest BCUT2D eigenvalue weighted by atomic mass is 32.2. The van der Waals surface area contributed by atoms with Gasteiger partial charge in [0.25, 0.3) is 0 Å². The third kappa shape index (κ3) is 5.44. The maximum absolute atomic E-state index is 12.9. The van der Waals surface area contributed by atoms with Crippen molar-refractivity contribution in [2.45, 2.75) is 32.1 Å². The lowest BCUT2D eigenvalue weighted by molar-refractivity contribution is 0.306. The fraction of sp³-hybridized carbons (Fsp3) is 0.310. The molecule has 1 aliphatic rings. The molecule has 0 spiro atoms. The van der Waals surface area contributed by atoms with Crippen LogP contribution < -0.4 is 4.74 Å². The molecule has 1 saturated heterocycles. The molecule has 0 unspecified atom stereocenters. The quantitative estimate of drug-likeness (QED) is 0.304. The SMILES string of the molecule is Cc1cccc(OCCCS(=O)(=O)N2CCC(c3c[nH]c4ccc(-c5ccccc5)cc34)CC2)c1. The molecule has 4 aromatic rings. The smallest absolute Gasteiger partial charge is 0.214 e. The highest BCUT2D eigenvalue weighted by molar-refractivity contribution is 7.89. The van der Waals surface area contributed by atoms with Gasteiger partial charge in [-0.25, -0.2) is 12.7 Å². The number of sulfonamides is 1. The molecule has 35 heavy (non-hydrogen) atoms. The second-order valence-corrected chi connectivity index (χ2v) is 11.5. The molecule has 6 heteroatoms. The average molecular weight is 489 g/mol. The van der Waals surface area contributed by atoms with Gasteiger partial charge in [0, 0.05) is 30.2 Å². The zero-order valence-electron chi connectivity index (χ0n) is 20.1. The molecule has 1 aliphatic heterocycles. The lowest BCUT2D eigenvalue weighted by atomic mass is 9.89. The molecule has 5 nitrogen and oxygen atoms in total. The van der Waals surface area contributed by atoms with Crippen LogP contribution in [0.4, 0.5) is 0 Å². The standard InChI is InChI=1S/C29H32N2O3S/c1-22-7-5-10-26(19-22)34-17-6-18-35(32,33)31-15-13-24(14-16-31)28-21-30-29-12-11-25(20-27(28)29)23-8-3-2-4-9-23/h2-5,7-12,19-21,24,30H,6,13-18H2,1H3. The highest BCUT2D eigenvalue weighted by Crippen LogP contribution is 2.35. The number of ether oxygens (including phenoxy) is 1. The minimum absolute atomic E-state index is 0.122. The van der Waals surface area contributed by atoms with Gasteiger partial charge in [-0.3, -0.25) is 0 Å². The summed E-state index contributed by atoms with van der Waals surface area (Å²) in [5, 5.41) is 1.24. The van der Waals surface area contributed by atoms with Crippen LogP contribution in [0, 0.1) is 6.92 Å². The molecule has 0 saturated carbocycles. The average Bonchev–Trinajstić information content (AvgIpc) is 3.31. The predicted octanol–water partition coefficient (Wildman–Crippen LogP) is 6.12. The Balaban J connectivity index is 1.19. The molecule has 0 aliphatic carbocycles. The maximum atomic E-state index is 12.9. The van der Waals surface area contributed by atoms with Crippen LogP contribution in [0.1, 0.15) is 36.3 Å². The number of piperidine rings is 1. The number of aryl methyl sites for hydroxylation is 1. The molecule has 0 atom stereocenters. The summed E-state index contributed by atoms with van der Waals surface area (Å²) >= 11 is 0. The minimum atomic E-state index is -3.28. The number of H-pyrrole nitrogens is 1. The fourth-order valence-electron chi connectivity index (χ4n) is 5.00. The molecule has 0 amide bonds. The number of fused-ring (bicyclic) bond motifs is 1. The molecule has 1 N–H and O–H groups in total. The van der Waals surface area contributed by atoms with Crippen LogP contribution in [0.15, 0.2) is 79.0 Å². The van der Waals surface area contributed by atoms with Crippen molar-refractivity contribution in [2.75, 3.05) is 25.4 Å². The number of nitrogens with one attached hydrogen (secondary N) is 1. The van der Waals surface area contributed by atoms with Gasteiger partial charge >= 0.3 is 0 Å². The van der Waals surface area contributed by atoms with Crippen molar-refractivity contribution >= 4 is 20.9 Å². The van der Waals surface area contributed by atoms with Gasteiger partial charge in [-0.15, -0.1) is 0 Å². The Kier molecular flexibility index (Phi) is 6.93. The zero-order valence-corrected chi connectivity index (χ0v) is 20.9. The van der Waals surface area contributed by atoms with Gasteiger partial charge in [-0.05, 0) is 78.6 Å². The van der Waals surface area contributed by atoms with Crippen LogP contribution in [0.2, 0.25) is 0 Å². The van der Waals surface area contributed by atoms with Gasteiger partial charge < -0.3 is 9.72 Å². The number of hydrogen-bond acceptors (Lipinski definition) is 3. The highest BCUT2D eigenvalue weighted by Gasteiger charge is 2.29. The van der Waals surface area contributed by atoms with E-state index in [1.54, 1.807) is 4.31 Å². The number of rotatable bonds is 8. The minimum Gasteiger partial charge on any atom is -0.494 e. The molecule has 0 radical (unpaired) electrons. The Morgan fingerprint density at radius 2 is 1.74 bits per heavy atom. The monoisotopic (exact) mass is 488 g/mol. The van der Waals surface area contributed by atoms with Gasteiger partial charge in [0.1, 0.15) is 5.75 Å². The van der Waals surface area contributed by atoms with Crippen LogP contribution in [0.5, 0.6) is 5.75 Å². The summed E-state index contributed by atoms with van der Waals surface area (Å²) in [7, 11) is -3.28. The second kappa shape index (κ2) is 10.3. The summed E-state index contributed by atoms with van der Waals surface area (Å²) in [6.07, 6.45) is 4.26. The first-order chi connectivity index (χ1) is 17.0. The van der Waals surface area contributed by atoms with E-state index in [-0.39, 0.29) is 5.75 Å². The van der Waals surface area contributed by atoms with Crippen LogP contribution in [-0.4, -0.2) is 43.2 Å². The van der Waals surface area contributed by atoms with Gasteiger partial charge in [-0.2, -0.15) is 0 Å². The molecule has 5 rings (SSSR count). The van der Waals surface area contributed by atoms with Crippen LogP contribution in [0.25, 0.3) is 22.0 Å². The molecule has 1 aromatic heterocycles. The second-order valence-electron chi connectivity index (χ2n) is 9.38. The molecule has 0 bridgehead atoms. The summed E-state index contributed by atoms with van der Waals surface area (Å²) in [6, 6.07) is 24.8. The summed E-state index contributed by atoms with van der Waals surface area (Å²) in [5.74, 6) is 1.26. The maximum Gasteiger partial charge on any atom is 0.214 e. The lowest BCUT2D eigenvalue weighted by Crippen LogP contribution is -2.39. The third-order valence-electron chi connectivity index (χ3n) is 6.91. The Morgan fingerprint density at radius 1 is 0.943 bits per heavy atom. The molecular weight excluding hydrogens is 456 g/mol. The van der Waals surface area contributed by atoms with E-state index in [1.165, 1.54) is 22.1 Å². The number of hydrogen-bond donors (Lipinski definition) is 1. The third-order valence-corrected chi connectivity index (χ3v) is 8.87. The van der Waals surface area contributed by atoms with E-state index in [9.17, 15) is 8.42 Å². The first-order valence-corrected chi connectivity index (χ1v) is 13.9. The number of aromatic nitrogens is 1. The largest absolute Gasteiger partial charge is 0.494 e. The Morgan fingerprint density at radius 3 is 2.51 bits per heavy atom. The molecule has 182 valence electrons.